The number of unbranched alkanes of at least 4 members (excludes halogenated alkanes) is 6. The predicted molar refractivity (Wildman–Crippen MR) is 99.6 cm³/mol. The lowest BCUT2D eigenvalue weighted by molar-refractivity contribution is -0.696. The lowest BCUT2D eigenvalue weighted by atomic mass is 10.2. The zero-order valence-corrected chi connectivity index (χ0v) is 16.0. The molecular weight excluding hydrogens is 332 g/mol. The van der Waals surface area contributed by atoms with E-state index in [0.29, 0.717) is 26.2 Å². The van der Waals surface area contributed by atoms with Crippen molar-refractivity contribution >= 4 is 12.2 Å². The summed E-state index contributed by atoms with van der Waals surface area (Å²) in [6.07, 6.45) is 16.1. The SMILES string of the molecule is CCCCCC[n+]1ccn(CCOC(=O)NCCCCCCN=C=O)c1. The molecule has 1 N–H and O–H groups in total. The maximum absolute atomic E-state index is 11.6. The van der Waals surface area contributed by atoms with Crippen molar-refractivity contribution in [3.63, 3.8) is 0 Å². The van der Waals surface area contributed by atoms with Crippen LogP contribution in [0.1, 0.15) is 58.3 Å². The normalized spacial score (nSPS) is 10.3. The van der Waals surface area contributed by atoms with Gasteiger partial charge in [0.1, 0.15) is 25.5 Å². The molecule has 0 aromatic carbocycles. The Labute approximate surface area is 156 Å². The quantitative estimate of drug-likeness (QED) is 0.225. The molecule has 1 amide bonds. The summed E-state index contributed by atoms with van der Waals surface area (Å²) in [5, 5.41) is 2.75. The minimum atomic E-state index is -0.366. The fraction of sp³-hybridized carbons (Fsp3) is 0.737. The maximum atomic E-state index is 11.6. The fourth-order valence-corrected chi connectivity index (χ4v) is 2.62. The average molecular weight is 365 g/mol. The number of rotatable bonds is 15. The molecule has 0 radical (unpaired) electrons. The maximum Gasteiger partial charge on any atom is 0.407 e. The molecule has 0 unspecified atom stereocenters. The molecule has 0 aliphatic carbocycles. The number of nitrogens with one attached hydrogen (secondary N) is 1. The predicted octanol–water partition coefficient (Wildman–Crippen LogP) is 2.98. The standard InChI is InChI=1S/C19H32N4O3/c1-2-3-4-9-12-22-13-14-23(18-22)15-16-26-19(25)21-11-8-6-5-7-10-20-17-24/h13-14,18H,2-12,15-16H2,1H3/p+1. The number of alkyl carbamates (subject to hydrolysis) is 1. The summed E-state index contributed by atoms with van der Waals surface area (Å²) in [6.45, 7) is 5.42. The highest BCUT2D eigenvalue weighted by Crippen LogP contribution is 1.99. The van der Waals surface area contributed by atoms with Gasteiger partial charge in [0.05, 0.1) is 13.1 Å². The third kappa shape index (κ3) is 11.4. The van der Waals surface area contributed by atoms with Gasteiger partial charge in [-0.3, -0.25) is 0 Å². The zero-order chi connectivity index (χ0) is 18.9. The van der Waals surface area contributed by atoms with Gasteiger partial charge in [0, 0.05) is 6.54 Å². The van der Waals surface area contributed by atoms with Gasteiger partial charge in [-0.1, -0.05) is 32.6 Å². The number of carbonyl (C=O) groups is 1. The first kappa shape index (κ1) is 21.9. The van der Waals surface area contributed by atoms with Crippen LogP contribution in [0.25, 0.3) is 0 Å². The number of amides is 1. The third-order valence-corrected chi connectivity index (χ3v) is 4.13. The van der Waals surface area contributed by atoms with Crippen LogP contribution in [0.4, 0.5) is 4.79 Å². The summed E-state index contributed by atoms with van der Waals surface area (Å²) in [5.74, 6) is 0. The smallest absolute Gasteiger partial charge is 0.407 e. The van der Waals surface area contributed by atoms with Crippen LogP contribution in [-0.4, -0.2) is 36.4 Å². The summed E-state index contributed by atoms with van der Waals surface area (Å²) < 4.78 is 9.40. The number of nitrogens with zero attached hydrogens (tertiary/aromatic N) is 3. The number of aryl methyl sites for hydroxylation is 1. The van der Waals surface area contributed by atoms with Crippen LogP contribution >= 0.6 is 0 Å². The number of ether oxygens (including phenoxy) is 1. The van der Waals surface area contributed by atoms with Crippen LogP contribution in [0.3, 0.4) is 0 Å². The molecule has 0 atom stereocenters. The molecule has 0 saturated heterocycles. The molecular formula is C19H33N4O3+. The molecule has 0 saturated carbocycles. The van der Waals surface area contributed by atoms with E-state index in [1.54, 1.807) is 0 Å². The highest BCUT2D eigenvalue weighted by atomic mass is 16.5. The third-order valence-electron chi connectivity index (χ3n) is 4.13. The molecule has 0 aliphatic rings. The summed E-state index contributed by atoms with van der Waals surface area (Å²) in [6, 6.07) is 0. The fourth-order valence-electron chi connectivity index (χ4n) is 2.62. The van der Waals surface area contributed by atoms with Crippen molar-refractivity contribution in [2.75, 3.05) is 19.7 Å². The Hall–Kier alpha value is -2.14. The Bertz CT molecular complexity index is 539. The monoisotopic (exact) mass is 365 g/mol. The van der Waals surface area contributed by atoms with Crippen molar-refractivity contribution < 1.29 is 18.9 Å². The van der Waals surface area contributed by atoms with Crippen LogP contribution in [0.5, 0.6) is 0 Å². The molecule has 0 bridgehead atoms. The zero-order valence-electron chi connectivity index (χ0n) is 16.0. The summed E-state index contributed by atoms with van der Waals surface area (Å²) >= 11 is 0. The van der Waals surface area contributed by atoms with Crippen molar-refractivity contribution in [1.82, 2.24) is 9.88 Å². The van der Waals surface area contributed by atoms with Crippen molar-refractivity contribution in [1.29, 1.82) is 0 Å². The highest BCUT2D eigenvalue weighted by molar-refractivity contribution is 5.66. The van der Waals surface area contributed by atoms with E-state index in [4.69, 9.17) is 4.74 Å². The average Bonchev–Trinajstić information content (AvgIpc) is 3.09. The summed E-state index contributed by atoms with van der Waals surface area (Å²) in [5.41, 5.74) is 0. The first-order valence-electron chi connectivity index (χ1n) is 9.75. The van der Waals surface area contributed by atoms with Gasteiger partial charge in [-0.05, 0) is 25.7 Å². The van der Waals surface area contributed by atoms with Gasteiger partial charge in [-0.25, -0.2) is 23.7 Å². The van der Waals surface area contributed by atoms with E-state index >= 15 is 0 Å². The largest absolute Gasteiger partial charge is 0.445 e. The second-order valence-electron chi connectivity index (χ2n) is 6.40. The molecule has 0 spiro atoms. The first-order valence-corrected chi connectivity index (χ1v) is 9.75. The molecule has 1 aromatic rings. The number of aliphatic imine (C=N–C) groups is 1. The second kappa shape index (κ2) is 15.1. The number of imidazole rings is 1. The molecule has 7 heteroatoms. The van der Waals surface area contributed by atoms with E-state index in [9.17, 15) is 9.59 Å². The van der Waals surface area contributed by atoms with E-state index < -0.39 is 0 Å². The molecule has 1 rings (SSSR count). The van der Waals surface area contributed by atoms with Crippen LogP contribution in [0.2, 0.25) is 0 Å². The topological polar surface area (TPSA) is 76.6 Å². The second-order valence-corrected chi connectivity index (χ2v) is 6.40. The minimum Gasteiger partial charge on any atom is -0.445 e. The van der Waals surface area contributed by atoms with E-state index in [1.165, 1.54) is 31.8 Å². The van der Waals surface area contributed by atoms with Gasteiger partial charge in [-0.2, -0.15) is 0 Å². The van der Waals surface area contributed by atoms with Gasteiger partial charge >= 0.3 is 6.09 Å². The van der Waals surface area contributed by atoms with E-state index in [0.717, 1.165) is 32.2 Å². The van der Waals surface area contributed by atoms with Gasteiger partial charge < -0.3 is 10.1 Å². The van der Waals surface area contributed by atoms with Crippen LogP contribution < -0.4 is 9.88 Å². The Morgan fingerprint density at radius 2 is 2.00 bits per heavy atom. The van der Waals surface area contributed by atoms with Crippen molar-refractivity contribution in [2.24, 2.45) is 4.99 Å². The molecule has 0 fully saturated rings. The van der Waals surface area contributed by atoms with E-state index in [1.807, 2.05) is 10.8 Å². The highest BCUT2D eigenvalue weighted by Gasteiger charge is 2.06. The van der Waals surface area contributed by atoms with Crippen molar-refractivity contribution in [3.05, 3.63) is 18.7 Å². The number of aromatic nitrogens is 2. The summed E-state index contributed by atoms with van der Waals surface area (Å²) in [7, 11) is 0. The Balaban J connectivity index is 2.00. The van der Waals surface area contributed by atoms with E-state index in [-0.39, 0.29) is 6.09 Å². The molecule has 146 valence electrons. The Morgan fingerprint density at radius 3 is 2.81 bits per heavy atom. The lowest BCUT2D eigenvalue weighted by Gasteiger charge is -2.05. The Kier molecular flexibility index (Phi) is 12.8. The molecule has 0 aliphatic heterocycles. The van der Waals surface area contributed by atoms with Crippen LogP contribution in [-0.2, 0) is 22.6 Å². The number of carbonyl (C=O) groups excluding carboxylic acids is 2. The first-order chi connectivity index (χ1) is 12.8. The molecule has 7 nitrogen and oxygen atoms in total. The molecule has 1 heterocycles. The number of hydrogen-bond donors (Lipinski definition) is 1. The molecule has 26 heavy (non-hydrogen) atoms. The number of isocyanates is 1. The van der Waals surface area contributed by atoms with Gasteiger partial charge in [0.2, 0.25) is 12.4 Å². The number of hydrogen-bond acceptors (Lipinski definition) is 4. The van der Waals surface area contributed by atoms with Gasteiger partial charge in [-0.15, -0.1) is 0 Å². The van der Waals surface area contributed by atoms with Gasteiger partial charge in [0.25, 0.3) is 0 Å². The van der Waals surface area contributed by atoms with Crippen LogP contribution in [0, 0.1) is 0 Å². The van der Waals surface area contributed by atoms with E-state index in [2.05, 4.69) is 34.3 Å². The summed E-state index contributed by atoms with van der Waals surface area (Å²) in [4.78, 5) is 25.0. The Morgan fingerprint density at radius 1 is 1.19 bits per heavy atom. The van der Waals surface area contributed by atoms with Gasteiger partial charge in [0.15, 0.2) is 0 Å². The molecule has 1 aromatic heterocycles. The van der Waals surface area contributed by atoms with Crippen molar-refractivity contribution in [3.8, 4) is 0 Å². The van der Waals surface area contributed by atoms with Crippen molar-refractivity contribution in [2.45, 2.75) is 71.4 Å². The lowest BCUT2D eigenvalue weighted by Crippen LogP contribution is -2.31. The minimum absolute atomic E-state index is 0.361. The van der Waals surface area contributed by atoms with Crippen LogP contribution in [0.15, 0.2) is 23.7 Å².